The zero-order valence-corrected chi connectivity index (χ0v) is 14.2. The van der Waals surface area contributed by atoms with E-state index in [4.69, 9.17) is 4.74 Å². The van der Waals surface area contributed by atoms with Crippen LogP contribution in [0.4, 0.5) is 0 Å². The normalized spacial score (nSPS) is 27.5. The van der Waals surface area contributed by atoms with Gasteiger partial charge in [-0.05, 0) is 55.6 Å². The highest BCUT2D eigenvalue weighted by atomic mass is 16.5. The van der Waals surface area contributed by atoms with Gasteiger partial charge in [0, 0.05) is 7.11 Å². The van der Waals surface area contributed by atoms with Gasteiger partial charge in [0.1, 0.15) is 0 Å². The summed E-state index contributed by atoms with van der Waals surface area (Å²) in [7, 11) is 1.93. The number of methoxy groups -OCH3 is 1. The van der Waals surface area contributed by atoms with Crippen LogP contribution in [0.3, 0.4) is 0 Å². The number of hydrogen-bond acceptors (Lipinski definition) is 1. The smallest absolute Gasteiger partial charge is 0.0963 e. The molecule has 0 heterocycles. The molecule has 0 N–H and O–H groups in total. The fourth-order valence-corrected chi connectivity index (χ4v) is 4.76. The topological polar surface area (TPSA) is 9.23 Å². The third-order valence-electron chi connectivity index (χ3n) is 5.79. The molecule has 0 radical (unpaired) electrons. The Labute approximate surface area is 135 Å². The first-order valence-corrected chi connectivity index (χ1v) is 9.15. The lowest BCUT2D eigenvalue weighted by atomic mass is 9.84. The number of rotatable bonds is 7. The lowest BCUT2D eigenvalue weighted by Crippen LogP contribution is -2.33. The molecule has 1 saturated carbocycles. The molecule has 0 spiro atoms. The molecule has 0 saturated heterocycles. The molecule has 1 heteroatoms. The second-order valence-corrected chi connectivity index (χ2v) is 7.04. The highest BCUT2D eigenvalue weighted by Gasteiger charge is 2.51. The number of allylic oxidation sites excluding steroid dienone is 1. The standard InChI is InChI=1S/C21H30O/c1-3-4-5-7-13-18-16-19-14-10-15-21(19,22-2)20(18)17-11-8-6-9-12-17/h6,8-9,11-12,19H,3-5,7,10,13-16H2,1-2H3/t19-,21+/m1/s1. The average molecular weight is 298 g/mol. The van der Waals surface area contributed by atoms with Crippen molar-refractivity contribution in [1.82, 2.24) is 0 Å². The Bertz CT molecular complexity index is 516. The van der Waals surface area contributed by atoms with Crippen LogP contribution in [0.15, 0.2) is 35.9 Å². The Kier molecular flexibility index (Phi) is 5.03. The Morgan fingerprint density at radius 1 is 1.14 bits per heavy atom. The van der Waals surface area contributed by atoms with Crippen molar-refractivity contribution < 1.29 is 4.74 Å². The molecule has 0 bridgehead atoms. The summed E-state index contributed by atoms with van der Waals surface area (Å²) in [6.07, 6.45) is 11.8. The second-order valence-electron chi connectivity index (χ2n) is 7.04. The average Bonchev–Trinajstić information content (AvgIpc) is 3.08. The van der Waals surface area contributed by atoms with E-state index in [9.17, 15) is 0 Å². The first-order chi connectivity index (χ1) is 10.8. The fraction of sp³-hybridized carbons (Fsp3) is 0.619. The molecule has 0 amide bonds. The van der Waals surface area contributed by atoms with Gasteiger partial charge in [0.25, 0.3) is 0 Å². The van der Waals surface area contributed by atoms with Crippen molar-refractivity contribution in [1.29, 1.82) is 0 Å². The van der Waals surface area contributed by atoms with Crippen molar-refractivity contribution >= 4 is 5.57 Å². The minimum Gasteiger partial charge on any atom is -0.373 e. The molecule has 22 heavy (non-hydrogen) atoms. The van der Waals surface area contributed by atoms with E-state index < -0.39 is 0 Å². The Balaban J connectivity index is 1.90. The van der Waals surface area contributed by atoms with E-state index in [0.717, 1.165) is 0 Å². The molecule has 1 aromatic carbocycles. The summed E-state index contributed by atoms with van der Waals surface area (Å²) in [6.45, 7) is 2.29. The summed E-state index contributed by atoms with van der Waals surface area (Å²) >= 11 is 0. The van der Waals surface area contributed by atoms with Gasteiger partial charge in [-0.15, -0.1) is 0 Å². The Morgan fingerprint density at radius 3 is 2.68 bits per heavy atom. The summed E-state index contributed by atoms with van der Waals surface area (Å²) in [4.78, 5) is 0. The fourth-order valence-electron chi connectivity index (χ4n) is 4.76. The van der Waals surface area contributed by atoms with Crippen LogP contribution in [0.1, 0.15) is 70.3 Å². The second kappa shape index (κ2) is 7.00. The van der Waals surface area contributed by atoms with Gasteiger partial charge in [-0.2, -0.15) is 0 Å². The van der Waals surface area contributed by atoms with Crippen molar-refractivity contribution in [2.75, 3.05) is 7.11 Å². The van der Waals surface area contributed by atoms with E-state index >= 15 is 0 Å². The van der Waals surface area contributed by atoms with Gasteiger partial charge in [0.15, 0.2) is 0 Å². The maximum Gasteiger partial charge on any atom is 0.0963 e. The van der Waals surface area contributed by atoms with Crippen molar-refractivity contribution in [3.05, 3.63) is 41.5 Å². The van der Waals surface area contributed by atoms with E-state index in [2.05, 4.69) is 37.3 Å². The van der Waals surface area contributed by atoms with Crippen LogP contribution in [-0.4, -0.2) is 12.7 Å². The SMILES string of the molecule is CCCCCCC1=C(c2ccccc2)[C@]2(OC)CCC[C@@H]2C1. The molecular weight excluding hydrogens is 268 g/mol. The Hall–Kier alpha value is -1.08. The lowest BCUT2D eigenvalue weighted by molar-refractivity contribution is 0.0177. The van der Waals surface area contributed by atoms with E-state index in [-0.39, 0.29) is 5.60 Å². The molecule has 1 nitrogen and oxygen atoms in total. The van der Waals surface area contributed by atoms with Crippen LogP contribution in [-0.2, 0) is 4.74 Å². The summed E-state index contributed by atoms with van der Waals surface area (Å²) < 4.78 is 6.19. The third-order valence-corrected chi connectivity index (χ3v) is 5.79. The van der Waals surface area contributed by atoms with Crippen LogP contribution in [0, 0.1) is 5.92 Å². The Morgan fingerprint density at radius 2 is 1.95 bits per heavy atom. The third kappa shape index (κ3) is 2.76. The van der Waals surface area contributed by atoms with Crippen LogP contribution in [0.25, 0.3) is 5.57 Å². The van der Waals surface area contributed by atoms with Crippen molar-refractivity contribution in [3.63, 3.8) is 0 Å². The molecule has 2 atom stereocenters. The van der Waals surface area contributed by atoms with Crippen LogP contribution < -0.4 is 0 Å². The van der Waals surface area contributed by atoms with Gasteiger partial charge in [-0.1, -0.05) is 62.1 Å². The molecule has 3 rings (SSSR count). The van der Waals surface area contributed by atoms with Crippen LogP contribution in [0.5, 0.6) is 0 Å². The van der Waals surface area contributed by atoms with Crippen molar-refractivity contribution in [2.45, 2.75) is 70.3 Å². The highest BCUT2D eigenvalue weighted by Crippen LogP contribution is 2.57. The summed E-state index contributed by atoms with van der Waals surface area (Å²) in [6, 6.07) is 11.0. The summed E-state index contributed by atoms with van der Waals surface area (Å²) in [5, 5.41) is 0. The van der Waals surface area contributed by atoms with Crippen molar-refractivity contribution in [2.24, 2.45) is 5.92 Å². The molecule has 1 fully saturated rings. The number of fused-ring (bicyclic) bond motifs is 1. The van der Waals surface area contributed by atoms with E-state index in [1.165, 1.54) is 63.4 Å². The molecule has 1 aromatic rings. The zero-order valence-electron chi connectivity index (χ0n) is 14.2. The van der Waals surface area contributed by atoms with Gasteiger partial charge in [0.05, 0.1) is 5.60 Å². The van der Waals surface area contributed by atoms with Crippen molar-refractivity contribution in [3.8, 4) is 0 Å². The number of benzene rings is 1. The molecule has 2 aliphatic rings. The highest BCUT2D eigenvalue weighted by molar-refractivity contribution is 5.78. The maximum atomic E-state index is 6.19. The molecule has 0 unspecified atom stereocenters. The predicted molar refractivity (Wildman–Crippen MR) is 93.8 cm³/mol. The molecule has 0 aliphatic heterocycles. The number of unbranched alkanes of at least 4 members (excludes halogenated alkanes) is 3. The minimum atomic E-state index is 0.0153. The van der Waals surface area contributed by atoms with Crippen LogP contribution >= 0.6 is 0 Å². The van der Waals surface area contributed by atoms with Gasteiger partial charge in [0.2, 0.25) is 0 Å². The molecular formula is C21H30O. The molecule has 2 aliphatic carbocycles. The molecule has 120 valence electrons. The first-order valence-electron chi connectivity index (χ1n) is 9.15. The predicted octanol–water partition coefficient (Wildman–Crippen LogP) is 6.00. The van der Waals surface area contributed by atoms with Gasteiger partial charge in [-0.3, -0.25) is 0 Å². The van der Waals surface area contributed by atoms with E-state index in [0.29, 0.717) is 5.92 Å². The van der Waals surface area contributed by atoms with Crippen LogP contribution in [0.2, 0.25) is 0 Å². The molecule has 0 aromatic heterocycles. The van der Waals surface area contributed by atoms with Gasteiger partial charge < -0.3 is 4.74 Å². The first kappa shape index (κ1) is 15.8. The largest absolute Gasteiger partial charge is 0.373 e. The number of ether oxygens (including phenoxy) is 1. The quantitative estimate of drug-likeness (QED) is 0.561. The van der Waals surface area contributed by atoms with E-state index in [1.807, 2.05) is 7.11 Å². The lowest BCUT2D eigenvalue weighted by Gasteiger charge is -2.32. The maximum absolute atomic E-state index is 6.19. The van der Waals surface area contributed by atoms with E-state index in [1.54, 1.807) is 11.1 Å². The monoisotopic (exact) mass is 298 g/mol. The zero-order chi connectivity index (χ0) is 15.4. The summed E-state index contributed by atoms with van der Waals surface area (Å²) in [5.41, 5.74) is 4.66. The van der Waals surface area contributed by atoms with Gasteiger partial charge >= 0.3 is 0 Å². The number of hydrogen-bond donors (Lipinski definition) is 0. The minimum absolute atomic E-state index is 0.0153. The summed E-state index contributed by atoms with van der Waals surface area (Å²) in [5.74, 6) is 0.717. The van der Waals surface area contributed by atoms with Gasteiger partial charge in [-0.25, -0.2) is 0 Å².